The average molecular weight is 274 g/mol. The number of phenols is 1. The molecule has 1 atom stereocenters. The Bertz CT molecular complexity index is 657. The summed E-state index contributed by atoms with van der Waals surface area (Å²) in [6, 6.07) is 9.63. The highest BCUT2D eigenvalue weighted by Crippen LogP contribution is 2.26. The topological polar surface area (TPSA) is 56.0 Å². The molecule has 0 amide bonds. The van der Waals surface area contributed by atoms with E-state index in [-0.39, 0.29) is 17.0 Å². The summed E-state index contributed by atoms with van der Waals surface area (Å²) >= 11 is 0. The number of hydrogen-bond acceptors (Lipinski definition) is 3. The summed E-state index contributed by atoms with van der Waals surface area (Å²) in [4.78, 5) is 0. The molecular weight excluding hydrogens is 262 g/mol. The average Bonchev–Trinajstić information content (AvgIpc) is 2.42. The van der Waals surface area contributed by atoms with Crippen molar-refractivity contribution in [1.82, 2.24) is 0 Å². The molecule has 0 aliphatic heterocycles. The molecular formula is C15H12F2N2O. The lowest BCUT2D eigenvalue weighted by molar-refractivity contribution is 0.474. The van der Waals surface area contributed by atoms with E-state index in [2.05, 4.69) is 5.32 Å². The molecule has 0 spiro atoms. The summed E-state index contributed by atoms with van der Waals surface area (Å²) in [5.41, 5.74) is 0.323. The molecule has 0 saturated heterocycles. The van der Waals surface area contributed by atoms with Crippen molar-refractivity contribution in [1.29, 1.82) is 5.26 Å². The molecule has 0 radical (unpaired) electrons. The van der Waals surface area contributed by atoms with E-state index in [4.69, 9.17) is 5.26 Å². The first-order valence-corrected chi connectivity index (χ1v) is 5.96. The fourth-order valence-corrected chi connectivity index (χ4v) is 1.87. The second-order valence-corrected chi connectivity index (χ2v) is 4.39. The van der Waals surface area contributed by atoms with Gasteiger partial charge in [0.1, 0.15) is 11.4 Å². The van der Waals surface area contributed by atoms with Crippen LogP contribution < -0.4 is 5.32 Å². The Labute approximate surface area is 115 Å². The standard InChI is InChI=1S/C15H12F2N2O/c1-9(11-3-2-4-12(20)7-11)19-15-13(16)5-10(8-18)6-14(15)17/h2-7,9,19-20H,1H3/t9-/m0/s1. The van der Waals surface area contributed by atoms with Gasteiger partial charge in [-0.1, -0.05) is 12.1 Å². The van der Waals surface area contributed by atoms with Crippen molar-refractivity contribution in [3.8, 4) is 11.8 Å². The fourth-order valence-electron chi connectivity index (χ4n) is 1.87. The number of anilines is 1. The van der Waals surface area contributed by atoms with Crippen molar-refractivity contribution in [2.45, 2.75) is 13.0 Å². The van der Waals surface area contributed by atoms with Crippen LogP contribution in [0.15, 0.2) is 36.4 Å². The Balaban J connectivity index is 2.29. The first kappa shape index (κ1) is 13.8. The molecule has 2 aromatic carbocycles. The number of phenolic OH excluding ortho intramolecular Hbond substituents is 1. The highest BCUT2D eigenvalue weighted by Gasteiger charge is 2.14. The molecule has 3 nitrogen and oxygen atoms in total. The number of aromatic hydroxyl groups is 1. The maximum Gasteiger partial charge on any atom is 0.150 e. The molecule has 0 aromatic heterocycles. The third-order valence-corrected chi connectivity index (χ3v) is 2.90. The predicted molar refractivity (Wildman–Crippen MR) is 71.2 cm³/mol. The van der Waals surface area contributed by atoms with Gasteiger partial charge in [0.25, 0.3) is 0 Å². The Morgan fingerprint density at radius 1 is 1.20 bits per heavy atom. The molecule has 102 valence electrons. The van der Waals surface area contributed by atoms with Crippen LogP contribution in [0.5, 0.6) is 5.75 Å². The molecule has 0 aliphatic rings. The van der Waals surface area contributed by atoms with Crippen LogP contribution in [0.1, 0.15) is 24.1 Å². The van der Waals surface area contributed by atoms with Gasteiger partial charge in [0, 0.05) is 6.04 Å². The van der Waals surface area contributed by atoms with Crippen molar-refractivity contribution in [2.75, 3.05) is 5.32 Å². The van der Waals surface area contributed by atoms with E-state index in [1.54, 1.807) is 25.1 Å². The van der Waals surface area contributed by atoms with Crippen molar-refractivity contribution >= 4 is 5.69 Å². The molecule has 0 fully saturated rings. The van der Waals surface area contributed by atoms with Crippen LogP contribution in [0.3, 0.4) is 0 Å². The minimum atomic E-state index is -0.825. The summed E-state index contributed by atoms with van der Waals surface area (Å²) in [5, 5.41) is 20.7. The number of nitrogens with one attached hydrogen (secondary N) is 1. The quantitative estimate of drug-likeness (QED) is 0.897. The minimum Gasteiger partial charge on any atom is -0.508 e. The van der Waals surface area contributed by atoms with Crippen molar-refractivity contribution < 1.29 is 13.9 Å². The molecule has 0 aliphatic carbocycles. The smallest absolute Gasteiger partial charge is 0.150 e. The van der Waals surface area contributed by atoms with Crippen LogP contribution in [0.25, 0.3) is 0 Å². The van der Waals surface area contributed by atoms with Gasteiger partial charge >= 0.3 is 0 Å². The van der Waals surface area contributed by atoms with E-state index in [0.29, 0.717) is 5.56 Å². The van der Waals surface area contributed by atoms with E-state index < -0.39 is 17.7 Å². The maximum atomic E-state index is 13.8. The predicted octanol–water partition coefficient (Wildman–Crippen LogP) is 3.72. The lowest BCUT2D eigenvalue weighted by Gasteiger charge is -2.17. The van der Waals surface area contributed by atoms with Gasteiger partial charge in [-0.3, -0.25) is 0 Å². The first-order chi connectivity index (χ1) is 9.51. The van der Waals surface area contributed by atoms with Crippen LogP contribution in [0.4, 0.5) is 14.5 Å². The Hall–Kier alpha value is -2.61. The fraction of sp³-hybridized carbons (Fsp3) is 0.133. The number of benzene rings is 2. The van der Waals surface area contributed by atoms with Crippen LogP contribution >= 0.6 is 0 Å². The van der Waals surface area contributed by atoms with Gasteiger partial charge in [-0.15, -0.1) is 0 Å². The van der Waals surface area contributed by atoms with E-state index in [9.17, 15) is 13.9 Å². The van der Waals surface area contributed by atoms with Gasteiger partial charge in [0.05, 0.1) is 11.6 Å². The lowest BCUT2D eigenvalue weighted by atomic mass is 10.1. The van der Waals surface area contributed by atoms with Gasteiger partial charge in [0.2, 0.25) is 0 Å². The third-order valence-electron chi connectivity index (χ3n) is 2.90. The number of nitrogens with zero attached hydrogens (tertiary/aromatic N) is 1. The molecule has 2 rings (SSSR count). The second-order valence-electron chi connectivity index (χ2n) is 4.39. The van der Waals surface area contributed by atoms with Crippen LogP contribution in [-0.4, -0.2) is 5.11 Å². The van der Waals surface area contributed by atoms with Crippen LogP contribution in [0.2, 0.25) is 0 Å². The van der Waals surface area contributed by atoms with Crippen molar-refractivity contribution in [3.63, 3.8) is 0 Å². The third kappa shape index (κ3) is 2.86. The molecule has 0 bridgehead atoms. The van der Waals surface area contributed by atoms with Crippen LogP contribution in [0, 0.1) is 23.0 Å². The molecule has 5 heteroatoms. The minimum absolute atomic E-state index is 0.0736. The van der Waals surface area contributed by atoms with Crippen LogP contribution in [-0.2, 0) is 0 Å². The summed E-state index contributed by atoms with van der Waals surface area (Å²) in [6.07, 6.45) is 0. The Kier molecular flexibility index (Phi) is 3.85. The number of halogens is 2. The number of rotatable bonds is 3. The summed E-state index contributed by atoms with van der Waals surface area (Å²) < 4.78 is 27.5. The van der Waals surface area contributed by atoms with Gasteiger partial charge < -0.3 is 10.4 Å². The first-order valence-electron chi connectivity index (χ1n) is 5.96. The molecule has 0 heterocycles. The highest BCUT2D eigenvalue weighted by molar-refractivity contribution is 5.52. The zero-order valence-corrected chi connectivity index (χ0v) is 10.7. The SMILES string of the molecule is C[C@H](Nc1c(F)cc(C#N)cc1F)c1cccc(O)c1. The van der Waals surface area contributed by atoms with E-state index in [1.807, 2.05) is 0 Å². The van der Waals surface area contributed by atoms with Gasteiger partial charge in [-0.2, -0.15) is 5.26 Å². The summed E-state index contributed by atoms with van der Waals surface area (Å²) in [7, 11) is 0. The zero-order chi connectivity index (χ0) is 14.7. The monoisotopic (exact) mass is 274 g/mol. The summed E-state index contributed by atoms with van der Waals surface area (Å²) in [5.74, 6) is -1.57. The zero-order valence-electron chi connectivity index (χ0n) is 10.7. The summed E-state index contributed by atoms with van der Waals surface area (Å²) in [6.45, 7) is 1.71. The molecule has 20 heavy (non-hydrogen) atoms. The van der Waals surface area contributed by atoms with Gasteiger partial charge in [-0.25, -0.2) is 8.78 Å². The van der Waals surface area contributed by atoms with Crippen molar-refractivity contribution in [3.05, 3.63) is 59.2 Å². The largest absolute Gasteiger partial charge is 0.508 e. The number of nitriles is 1. The number of hydrogen-bond donors (Lipinski definition) is 2. The van der Waals surface area contributed by atoms with E-state index in [0.717, 1.165) is 12.1 Å². The maximum absolute atomic E-state index is 13.8. The van der Waals surface area contributed by atoms with E-state index in [1.165, 1.54) is 12.1 Å². The molecule has 0 saturated carbocycles. The normalized spacial score (nSPS) is 11.7. The van der Waals surface area contributed by atoms with Gasteiger partial charge in [0.15, 0.2) is 11.6 Å². The lowest BCUT2D eigenvalue weighted by Crippen LogP contribution is -2.09. The van der Waals surface area contributed by atoms with E-state index >= 15 is 0 Å². The highest BCUT2D eigenvalue weighted by atomic mass is 19.1. The van der Waals surface area contributed by atoms with Crippen molar-refractivity contribution in [2.24, 2.45) is 0 Å². The Morgan fingerprint density at radius 2 is 1.85 bits per heavy atom. The molecule has 0 unspecified atom stereocenters. The van der Waals surface area contributed by atoms with Gasteiger partial charge in [-0.05, 0) is 36.8 Å². The molecule has 2 aromatic rings. The second kappa shape index (κ2) is 5.57. The Morgan fingerprint density at radius 3 is 2.40 bits per heavy atom. The molecule has 2 N–H and O–H groups in total.